The summed E-state index contributed by atoms with van der Waals surface area (Å²) in [6.45, 7) is 6.80. The fraction of sp³-hybridized carbons (Fsp3) is 0.391. The minimum atomic E-state index is -3.55. The number of ether oxygens (including phenoxy) is 1. The van der Waals surface area contributed by atoms with E-state index in [0.29, 0.717) is 30.1 Å². The first-order valence-electron chi connectivity index (χ1n) is 10.4. The van der Waals surface area contributed by atoms with Gasteiger partial charge in [-0.15, -0.1) is 11.8 Å². The van der Waals surface area contributed by atoms with E-state index in [9.17, 15) is 13.2 Å². The number of hydrogen-bond donors (Lipinski definition) is 0. The lowest BCUT2D eigenvalue weighted by Gasteiger charge is -2.11. The normalized spacial score (nSPS) is 11.9. The zero-order chi connectivity index (χ0) is 23.5. The molecule has 3 aromatic rings. The third-order valence-corrected chi connectivity index (χ3v) is 8.12. The Labute approximate surface area is 193 Å². The maximum Gasteiger partial charge on any atom is 0.307 e. The van der Waals surface area contributed by atoms with E-state index >= 15 is 0 Å². The first-order chi connectivity index (χ1) is 15.1. The van der Waals surface area contributed by atoms with E-state index in [1.165, 1.54) is 29.5 Å². The van der Waals surface area contributed by atoms with Crippen LogP contribution in [0.4, 0.5) is 0 Å². The number of aromatic nitrogens is 2. The monoisotopic (exact) mass is 475 g/mol. The molecule has 7 nitrogen and oxygen atoms in total. The van der Waals surface area contributed by atoms with Crippen molar-refractivity contribution in [1.29, 1.82) is 0 Å². The van der Waals surface area contributed by atoms with E-state index in [1.54, 1.807) is 30.0 Å². The van der Waals surface area contributed by atoms with Gasteiger partial charge in [0.05, 0.1) is 22.3 Å². The molecule has 0 amide bonds. The van der Waals surface area contributed by atoms with Gasteiger partial charge in [0.25, 0.3) is 0 Å². The fourth-order valence-electron chi connectivity index (χ4n) is 3.27. The molecular weight excluding hydrogens is 446 g/mol. The lowest BCUT2D eigenvalue weighted by molar-refractivity contribution is -0.144. The quantitative estimate of drug-likeness (QED) is 0.342. The van der Waals surface area contributed by atoms with Gasteiger partial charge in [-0.1, -0.05) is 6.07 Å². The summed E-state index contributed by atoms with van der Waals surface area (Å²) in [5.41, 5.74) is 3.85. The number of carbonyl (C=O) groups is 1. The molecule has 0 saturated heterocycles. The maximum absolute atomic E-state index is 12.4. The summed E-state index contributed by atoms with van der Waals surface area (Å²) >= 11 is 1.63. The summed E-state index contributed by atoms with van der Waals surface area (Å²) in [7, 11) is -0.560. The average molecular weight is 476 g/mol. The van der Waals surface area contributed by atoms with Gasteiger partial charge in [0.1, 0.15) is 12.4 Å². The molecule has 172 valence electrons. The van der Waals surface area contributed by atoms with E-state index in [0.717, 1.165) is 10.4 Å². The van der Waals surface area contributed by atoms with Crippen molar-refractivity contribution in [2.75, 3.05) is 19.8 Å². The highest BCUT2D eigenvalue weighted by atomic mass is 32.2. The topological polar surface area (TPSA) is 81.5 Å². The highest BCUT2D eigenvalue weighted by Gasteiger charge is 2.20. The van der Waals surface area contributed by atoms with Crippen molar-refractivity contribution in [3.8, 4) is 0 Å². The van der Waals surface area contributed by atoms with Gasteiger partial charge in [0.15, 0.2) is 0 Å². The molecule has 32 heavy (non-hydrogen) atoms. The van der Waals surface area contributed by atoms with Crippen LogP contribution in [0.15, 0.2) is 46.2 Å². The van der Waals surface area contributed by atoms with E-state index in [-0.39, 0.29) is 17.5 Å². The third kappa shape index (κ3) is 5.33. The van der Waals surface area contributed by atoms with Crippen LogP contribution >= 0.6 is 11.8 Å². The predicted octanol–water partition coefficient (Wildman–Crippen LogP) is 4.15. The van der Waals surface area contributed by atoms with Crippen LogP contribution in [-0.2, 0) is 32.7 Å². The van der Waals surface area contributed by atoms with Crippen LogP contribution in [-0.4, -0.2) is 48.1 Å². The number of hydrogen-bond acceptors (Lipinski definition) is 6. The Balaban J connectivity index is 1.64. The summed E-state index contributed by atoms with van der Waals surface area (Å²) in [4.78, 5) is 18.1. The number of aryl methyl sites for hydroxylation is 3. The molecule has 0 atom stereocenters. The van der Waals surface area contributed by atoms with Crippen molar-refractivity contribution in [3.63, 3.8) is 0 Å². The van der Waals surface area contributed by atoms with Crippen LogP contribution < -0.4 is 0 Å². The van der Waals surface area contributed by atoms with Gasteiger partial charge in [-0.05, 0) is 62.2 Å². The first kappa shape index (κ1) is 24.3. The van der Waals surface area contributed by atoms with Crippen LogP contribution in [0.1, 0.15) is 30.3 Å². The Morgan fingerprint density at radius 1 is 1.12 bits per heavy atom. The number of thioether (sulfide) groups is 1. The number of rotatable bonds is 9. The molecule has 0 bridgehead atoms. The Bertz CT molecular complexity index is 1230. The number of imidazole rings is 1. The summed E-state index contributed by atoms with van der Waals surface area (Å²) in [6, 6.07) is 11.1. The minimum Gasteiger partial charge on any atom is -0.457 e. The first-order valence-corrected chi connectivity index (χ1v) is 12.8. The van der Waals surface area contributed by atoms with Crippen molar-refractivity contribution < 1.29 is 17.9 Å². The number of carbonyl (C=O) groups excluding carboxylic acids is 1. The van der Waals surface area contributed by atoms with E-state index in [2.05, 4.69) is 37.0 Å². The molecule has 3 rings (SSSR count). The Morgan fingerprint density at radius 3 is 2.53 bits per heavy atom. The summed E-state index contributed by atoms with van der Waals surface area (Å²) in [6.07, 6.45) is 0.301. The van der Waals surface area contributed by atoms with Gasteiger partial charge in [-0.25, -0.2) is 17.7 Å². The minimum absolute atomic E-state index is 0.0470. The Morgan fingerprint density at radius 2 is 1.88 bits per heavy atom. The second kappa shape index (κ2) is 10.1. The van der Waals surface area contributed by atoms with Gasteiger partial charge in [-0.3, -0.25) is 4.79 Å². The summed E-state index contributed by atoms with van der Waals surface area (Å²) in [5, 5.41) is 0. The standard InChI is InChI=1S/C23H29N3O4S2/c1-6-26-21-10-9-19(32(28,29)25(4)5)14-20(21)24-22(26)15-30-23(27)11-12-31-18-8-7-16(2)17(3)13-18/h7-10,13-14H,6,11-12,15H2,1-5H3. The lowest BCUT2D eigenvalue weighted by Crippen LogP contribution is -2.22. The SMILES string of the molecule is CCn1c(COC(=O)CCSc2ccc(C)c(C)c2)nc2cc(S(=O)(=O)N(C)C)ccc21. The van der Waals surface area contributed by atoms with E-state index in [4.69, 9.17) is 4.74 Å². The molecule has 0 spiro atoms. The van der Waals surface area contributed by atoms with Gasteiger partial charge < -0.3 is 9.30 Å². The second-order valence-electron chi connectivity index (χ2n) is 7.72. The van der Waals surface area contributed by atoms with Gasteiger partial charge in [-0.2, -0.15) is 0 Å². The third-order valence-electron chi connectivity index (χ3n) is 5.31. The van der Waals surface area contributed by atoms with E-state index < -0.39 is 10.0 Å². The summed E-state index contributed by atoms with van der Waals surface area (Å²) < 4.78 is 33.4. The van der Waals surface area contributed by atoms with Gasteiger partial charge in [0, 0.05) is 31.3 Å². The number of nitrogens with zero attached hydrogens (tertiary/aromatic N) is 3. The van der Waals surface area contributed by atoms with Crippen molar-refractivity contribution in [2.45, 2.75) is 50.1 Å². The van der Waals surface area contributed by atoms with Crippen molar-refractivity contribution in [3.05, 3.63) is 53.3 Å². The van der Waals surface area contributed by atoms with Crippen LogP contribution in [0.3, 0.4) is 0 Å². The van der Waals surface area contributed by atoms with Crippen molar-refractivity contribution in [2.24, 2.45) is 0 Å². The van der Waals surface area contributed by atoms with Crippen LogP contribution in [0.25, 0.3) is 11.0 Å². The molecule has 2 aromatic carbocycles. The molecule has 0 fully saturated rings. The number of sulfonamides is 1. The zero-order valence-corrected chi connectivity index (χ0v) is 20.7. The molecule has 0 aliphatic heterocycles. The Kier molecular flexibility index (Phi) is 7.63. The second-order valence-corrected chi connectivity index (χ2v) is 11.0. The van der Waals surface area contributed by atoms with Crippen LogP contribution in [0.2, 0.25) is 0 Å². The Hall–Kier alpha value is -2.36. The number of benzene rings is 2. The van der Waals surface area contributed by atoms with Gasteiger partial charge >= 0.3 is 5.97 Å². The molecule has 0 aliphatic rings. The largest absolute Gasteiger partial charge is 0.457 e. The molecule has 0 saturated carbocycles. The van der Waals surface area contributed by atoms with Crippen molar-refractivity contribution in [1.82, 2.24) is 13.9 Å². The van der Waals surface area contributed by atoms with Crippen LogP contribution in [0.5, 0.6) is 0 Å². The van der Waals surface area contributed by atoms with Gasteiger partial charge in [0.2, 0.25) is 10.0 Å². The number of fused-ring (bicyclic) bond motifs is 1. The highest BCUT2D eigenvalue weighted by Crippen LogP contribution is 2.24. The van der Waals surface area contributed by atoms with Crippen molar-refractivity contribution >= 4 is 38.8 Å². The highest BCUT2D eigenvalue weighted by molar-refractivity contribution is 7.99. The lowest BCUT2D eigenvalue weighted by atomic mass is 10.1. The maximum atomic E-state index is 12.4. The van der Waals surface area contributed by atoms with Crippen LogP contribution in [0, 0.1) is 13.8 Å². The molecular formula is C23H29N3O4S2. The summed E-state index contributed by atoms with van der Waals surface area (Å²) in [5.74, 6) is 0.945. The molecule has 0 unspecified atom stereocenters. The molecule has 9 heteroatoms. The molecule has 0 radical (unpaired) electrons. The fourth-order valence-corrected chi connectivity index (χ4v) is 5.12. The number of esters is 1. The smallest absolute Gasteiger partial charge is 0.307 e. The molecule has 1 aromatic heterocycles. The molecule has 0 N–H and O–H groups in total. The predicted molar refractivity (Wildman–Crippen MR) is 127 cm³/mol. The molecule has 1 heterocycles. The average Bonchev–Trinajstić information content (AvgIpc) is 3.11. The zero-order valence-electron chi connectivity index (χ0n) is 19.1. The van der Waals surface area contributed by atoms with E-state index in [1.807, 2.05) is 11.5 Å². The molecule has 0 aliphatic carbocycles.